The maximum atomic E-state index is 3.04. The fourth-order valence-corrected chi connectivity index (χ4v) is 2.49. The molecule has 2 rings (SSSR count). The smallest absolute Gasteiger partial charge is 0.167 e. The number of aryl methyl sites for hydroxylation is 1. The summed E-state index contributed by atoms with van der Waals surface area (Å²) in [4.78, 5) is 3.04. The van der Waals surface area contributed by atoms with E-state index in [1.807, 2.05) is 24.2 Å². The lowest BCUT2D eigenvalue weighted by atomic mass is 10.2. The number of rotatable bonds is 5. The van der Waals surface area contributed by atoms with Crippen molar-refractivity contribution in [2.45, 2.75) is 12.2 Å². The monoisotopic (exact) mass is 265 g/mol. The summed E-state index contributed by atoms with van der Waals surface area (Å²) in [5.74, 6) is 2.29. The predicted octanol–water partition coefficient (Wildman–Crippen LogP) is -0.0194. The third kappa shape index (κ3) is 5.24. The summed E-state index contributed by atoms with van der Waals surface area (Å²) in [6.07, 6.45) is 5.11. The van der Waals surface area contributed by atoms with Gasteiger partial charge in [-0.25, -0.2) is 4.98 Å². The molecule has 0 saturated heterocycles. The van der Waals surface area contributed by atoms with Crippen LogP contribution >= 0.6 is 11.8 Å². The van der Waals surface area contributed by atoms with Crippen molar-refractivity contribution < 1.29 is 17.4 Å². The number of aromatic amines is 1. The van der Waals surface area contributed by atoms with E-state index >= 15 is 0 Å². The van der Waals surface area contributed by atoms with Crippen molar-refractivity contribution in [2.24, 2.45) is 0 Å². The summed E-state index contributed by atoms with van der Waals surface area (Å²) in [6.45, 7) is 0. The molecule has 0 saturated carbocycles. The van der Waals surface area contributed by atoms with Crippen molar-refractivity contribution in [2.75, 3.05) is 5.75 Å². The van der Waals surface area contributed by atoms with E-state index < -0.39 is 0 Å². The number of benzene rings is 1. The normalized spacial score (nSPS) is 9.65. The molecule has 0 radical (unpaired) electrons. The number of thioether (sulfide) groups is 1. The lowest BCUT2D eigenvalue weighted by molar-refractivity contribution is -0.378. The number of hydrogen-bond donors (Lipinski definition) is 0. The Morgan fingerprint density at radius 3 is 2.29 bits per heavy atom. The van der Waals surface area contributed by atoms with Crippen LogP contribution in [0.5, 0.6) is 0 Å². The number of H-pyrrole nitrogens is 1. The van der Waals surface area contributed by atoms with Crippen LogP contribution in [0.3, 0.4) is 0 Å². The molecular formula is C14H16ClNS. The van der Waals surface area contributed by atoms with Gasteiger partial charge in [-0.05, 0) is 23.3 Å². The van der Waals surface area contributed by atoms with Crippen LogP contribution < -0.4 is 17.4 Å². The maximum absolute atomic E-state index is 3.04. The lowest BCUT2D eigenvalue weighted by Gasteiger charge is -2.01. The molecule has 0 aliphatic carbocycles. The summed E-state index contributed by atoms with van der Waals surface area (Å²) in [6, 6.07) is 14.9. The number of hydrogen-bond acceptors (Lipinski definition) is 1. The number of pyridine rings is 1. The largest absolute Gasteiger partial charge is 1.00 e. The van der Waals surface area contributed by atoms with Gasteiger partial charge in [0.1, 0.15) is 0 Å². The highest BCUT2D eigenvalue weighted by Gasteiger charge is 1.95. The van der Waals surface area contributed by atoms with Crippen LogP contribution in [-0.2, 0) is 12.2 Å². The van der Waals surface area contributed by atoms with Gasteiger partial charge < -0.3 is 12.4 Å². The van der Waals surface area contributed by atoms with Crippen LogP contribution in [-0.4, -0.2) is 5.75 Å². The summed E-state index contributed by atoms with van der Waals surface area (Å²) >= 11 is 1.99. The molecule has 1 heterocycles. The van der Waals surface area contributed by atoms with E-state index in [9.17, 15) is 0 Å². The van der Waals surface area contributed by atoms with Crippen molar-refractivity contribution in [3.63, 3.8) is 0 Å². The lowest BCUT2D eigenvalue weighted by Crippen LogP contribution is -3.00. The third-order valence-corrected chi connectivity index (χ3v) is 3.46. The van der Waals surface area contributed by atoms with Crippen molar-refractivity contribution >= 4 is 11.8 Å². The highest BCUT2D eigenvalue weighted by molar-refractivity contribution is 7.98. The number of nitrogens with one attached hydrogen (secondary N) is 1. The van der Waals surface area contributed by atoms with Gasteiger partial charge in [0.15, 0.2) is 12.4 Å². The molecule has 1 aromatic heterocycles. The quantitative estimate of drug-likeness (QED) is 0.694. The molecule has 1 N–H and O–H groups in total. The minimum atomic E-state index is 0. The molecular weight excluding hydrogens is 250 g/mol. The van der Waals surface area contributed by atoms with E-state index in [-0.39, 0.29) is 12.4 Å². The van der Waals surface area contributed by atoms with E-state index in [0.29, 0.717) is 0 Å². The Balaban J connectivity index is 0.00000144. The third-order valence-electron chi connectivity index (χ3n) is 2.43. The SMILES string of the molecule is [Cl-].c1ccc(CSCCc2cc[nH+]cc2)cc1. The Morgan fingerprint density at radius 1 is 0.882 bits per heavy atom. The van der Waals surface area contributed by atoms with Gasteiger partial charge in [0.2, 0.25) is 0 Å². The molecule has 90 valence electrons. The van der Waals surface area contributed by atoms with Gasteiger partial charge in [-0.15, -0.1) is 0 Å². The van der Waals surface area contributed by atoms with Crippen LogP contribution in [0.4, 0.5) is 0 Å². The van der Waals surface area contributed by atoms with Crippen molar-refractivity contribution in [1.82, 2.24) is 0 Å². The van der Waals surface area contributed by atoms with Crippen LogP contribution in [0.15, 0.2) is 54.9 Å². The minimum Gasteiger partial charge on any atom is -1.00 e. The van der Waals surface area contributed by atoms with E-state index in [2.05, 4.69) is 47.4 Å². The first-order chi connectivity index (χ1) is 7.95. The summed E-state index contributed by atoms with van der Waals surface area (Å²) in [5, 5.41) is 0. The van der Waals surface area contributed by atoms with E-state index in [1.54, 1.807) is 0 Å². The summed E-state index contributed by atoms with van der Waals surface area (Å²) < 4.78 is 0. The Morgan fingerprint density at radius 2 is 1.59 bits per heavy atom. The Kier molecular flexibility index (Phi) is 6.75. The van der Waals surface area contributed by atoms with Crippen molar-refractivity contribution in [3.05, 3.63) is 66.0 Å². The van der Waals surface area contributed by atoms with Crippen molar-refractivity contribution in [1.29, 1.82) is 0 Å². The maximum Gasteiger partial charge on any atom is 0.167 e. The Hall–Kier alpha value is -0.990. The standard InChI is InChI=1S/C14H15NS.ClH/c1-2-4-14(5-3-1)12-16-11-8-13-6-9-15-10-7-13;/h1-7,9-10H,8,11-12H2;1H. The summed E-state index contributed by atoms with van der Waals surface area (Å²) in [5.41, 5.74) is 2.81. The average molecular weight is 266 g/mol. The molecule has 17 heavy (non-hydrogen) atoms. The molecule has 0 spiro atoms. The molecule has 3 heteroatoms. The average Bonchev–Trinajstić information content (AvgIpc) is 2.37. The van der Waals surface area contributed by atoms with Crippen LogP contribution in [0, 0.1) is 0 Å². The van der Waals surface area contributed by atoms with E-state index in [4.69, 9.17) is 0 Å². The first-order valence-corrected chi connectivity index (χ1v) is 6.67. The molecule has 1 nitrogen and oxygen atoms in total. The topological polar surface area (TPSA) is 14.1 Å². The van der Waals surface area contributed by atoms with Crippen LogP contribution in [0.2, 0.25) is 0 Å². The second-order valence-electron chi connectivity index (χ2n) is 3.70. The minimum absolute atomic E-state index is 0. The first kappa shape index (κ1) is 14.1. The zero-order chi connectivity index (χ0) is 11.1. The fourth-order valence-electron chi connectivity index (χ4n) is 1.54. The molecule has 2 aromatic rings. The van der Waals surface area contributed by atoms with Crippen LogP contribution in [0.1, 0.15) is 11.1 Å². The molecule has 0 aliphatic rings. The second kappa shape index (κ2) is 8.15. The fraction of sp³-hybridized carbons (Fsp3) is 0.214. The Bertz CT molecular complexity index is 364. The molecule has 0 atom stereocenters. The Labute approximate surface area is 113 Å². The molecule has 0 bridgehead atoms. The van der Waals surface area contributed by atoms with E-state index in [0.717, 1.165) is 12.2 Å². The first-order valence-electron chi connectivity index (χ1n) is 5.52. The van der Waals surface area contributed by atoms with Gasteiger partial charge in [0, 0.05) is 17.9 Å². The molecule has 0 aliphatic heterocycles. The van der Waals surface area contributed by atoms with Gasteiger partial charge in [0.25, 0.3) is 0 Å². The highest BCUT2D eigenvalue weighted by Crippen LogP contribution is 2.13. The molecule has 0 amide bonds. The van der Waals surface area contributed by atoms with Gasteiger partial charge in [-0.1, -0.05) is 30.3 Å². The summed E-state index contributed by atoms with van der Waals surface area (Å²) in [7, 11) is 0. The van der Waals surface area contributed by atoms with Gasteiger partial charge >= 0.3 is 0 Å². The zero-order valence-corrected chi connectivity index (χ0v) is 11.2. The van der Waals surface area contributed by atoms with Gasteiger partial charge in [-0.2, -0.15) is 11.8 Å². The van der Waals surface area contributed by atoms with Gasteiger partial charge in [-0.3, -0.25) is 0 Å². The molecule has 0 fully saturated rings. The highest BCUT2D eigenvalue weighted by atomic mass is 35.5. The molecule has 1 aromatic carbocycles. The predicted molar refractivity (Wildman–Crippen MR) is 69.3 cm³/mol. The van der Waals surface area contributed by atoms with Crippen molar-refractivity contribution in [3.8, 4) is 0 Å². The van der Waals surface area contributed by atoms with E-state index in [1.165, 1.54) is 16.9 Å². The van der Waals surface area contributed by atoms with Gasteiger partial charge in [0.05, 0.1) is 0 Å². The number of aromatic nitrogens is 1. The molecule has 0 unspecified atom stereocenters. The second-order valence-corrected chi connectivity index (χ2v) is 4.80. The number of halogens is 1. The zero-order valence-electron chi connectivity index (χ0n) is 9.60. The van der Waals surface area contributed by atoms with Crippen LogP contribution in [0.25, 0.3) is 0 Å².